The van der Waals surface area contributed by atoms with Gasteiger partial charge in [0.25, 0.3) is 0 Å². The summed E-state index contributed by atoms with van der Waals surface area (Å²) in [4.78, 5) is 2.31. The average Bonchev–Trinajstić information content (AvgIpc) is 2.67. The van der Waals surface area contributed by atoms with Gasteiger partial charge in [-0.25, -0.2) is 0 Å². The minimum Gasteiger partial charge on any atom is -0.396 e. The third kappa shape index (κ3) is 2.27. The van der Waals surface area contributed by atoms with Crippen LogP contribution in [0.5, 0.6) is 0 Å². The van der Waals surface area contributed by atoms with E-state index >= 15 is 0 Å². The third-order valence-corrected chi connectivity index (χ3v) is 2.64. The molecule has 4 nitrogen and oxygen atoms in total. The number of aliphatic hydroxyl groups is 1. The van der Waals surface area contributed by atoms with Gasteiger partial charge in [-0.3, -0.25) is 4.90 Å². The molecule has 0 saturated carbocycles. The zero-order chi connectivity index (χ0) is 9.80. The van der Waals surface area contributed by atoms with Gasteiger partial charge in [-0.15, -0.1) is 0 Å². The highest BCUT2D eigenvalue weighted by Crippen LogP contribution is 2.16. The summed E-state index contributed by atoms with van der Waals surface area (Å²) in [6.45, 7) is 3.19. The number of hydrogen-bond acceptors (Lipinski definition) is 4. The molecule has 1 saturated heterocycles. The molecular weight excluding hydrogens is 178 g/mol. The molecule has 1 atom stereocenters. The van der Waals surface area contributed by atoms with E-state index in [9.17, 15) is 0 Å². The first kappa shape index (κ1) is 9.55. The molecule has 1 aromatic heterocycles. The number of hydrogen-bond donors (Lipinski definition) is 1. The van der Waals surface area contributed by atoms with Crippen molar-refractivity contribution in [3.05, 3.63) is 24.0 Å². The van der Waals surface area contributed by atoms with Crippen molar-refractivity contribution in [1.82, 2.24) is 15.1 Å². The van der Waals surface area contributed by atoms with Crippen LogP contribution in [0, 0.1) is 5.92 Å². The lowest BCUT2D eigenvalue weighted by molar-refractivity contribution is 0.219. The van der Waals surface area contributed by atoms with Gasteiger partial charge in [0.05, 0.1) is 5.69 Å². The van der Waals surface area contributed by atoms with E-state index in [0.29, 0.717) is 12.5 Å². The second-order valence-corrected chi connectivity index (χ2v) is 3.79. The van der Waals surface area contributed by atoms with Crippen LogP contribution in [0.15, 0.2) is 18.3 Å². The molecule has 0 aliphatic carbocycles. The quantitative estimate of drug-likeness (QED) is 0.749. The normalized spacial score (nSPS) is 22.8. The highest BCUT2D eigenvalue weighted by Gasteiger charge is 2.21. The molecule has 0 radical (unpaired) electrons. The molecule has 76 valence electrons. The Morgan fingerprint density at radius 3 is 3.14 bits per heavy atom. The second-order valence-electron chi connectivity index (χ2n) is 3.79. The van der Waals surface area contributed by atoms with Crippen LogP contribution in [0.25, 0.3) is 0 Å². The molecule has 1 aliphatic rings. The van der Waals surface area contributed by atoms with Gasteiger partial charge in [0.1, 0.15) is 0 Å². The Morgan fingerprint density at radius 2 is 2.50 bits per heavy atom. The summed E-state index contributed by atoms with van der Waals surface area (Å²) < 4.78 is 0. The molecular formula is C10H15N3O. The molecule has 1 aromatic rings. The zero-order valence-corrected chi connectivity index (χ0v) is 8.13. The summed E-state index contributed by atoms with van der Waals surface area (Å²) in [6, 6.07) is 3.89. The lowest BCUT2D eigenvalue weighted by atomic mass is 10.1. The fourth-order valence-electron chi connectivity index (χ4n) is 1.85. The molecule has 2 heterocycles. The van der Waals surface area contributed by atoms with Crippen LogP contribution in [-0.2, 0) is 6.54 Å². The van der Waals surface area contributed by atoms with E-state index in [4.69, 9.17) is 5.11 Å². The van der Waals surface area contributed by atoms with Crippen LogP contribution in [0.2, 0.25) is 0 Å². The lowest BCUT2D eigenvalue weighted by Crippen LogP contribution is -2.21. The molecule has 0 bridgehead atoms. The Hall–Kier alpha value is -1.00. The van der Waals surface area contributed by atoms with Gasteiger partial charge in [0, 0.05) is 25.9 Å². The van der Waals surface area contributed by atoms with Gasteiger partial charge in [-0.1, -0.05) is 0 Å². The minimum atomic E-state index is 0.303. The van der Waals surface area contributed by atoms with Crippen LogP contribution in [0.1, 0.15) is 12.1 Å². The monoisotopic (exact) mass is 193 g/mol. The fraction of sp³-hybridized carbons (Fsp3) is 0.600. The lowest BCUT2D eigenvalue weighted by Gasteiger charge is -2.13. The highest BCUT2D eigenvalue weighted by atomic mass is 16.3. The number of aromatic nitrogens is 2. The number of likely N-dealkylation sites (tertiary alicyclic amines) is 1. The van der Waals surface area contributed by atoms with Gasteiger partial charge in [0.2, 0.25) is 0 Å². The van der Waals surface area contributed by atoms with E-state index < -0.39 is 0 Å². The van der Waals surface area contributed by atoms with Crippen LogP contribution in [-0.4, -0.2) is 39.9 Å². The van der Waals surface area contributed by atoms with Crippen molar-refractivity contribution in [3.8, 4) is 0 Å². The minimum absolute atomic E-state index is 0.303. The maximum absolute atomic E-state index is 9.00. The van der Waals surface area contributed by atoms with Gasteiger partial charge < -0.3 is 5.11 Å². The van der Waals surface area contributed by atoms with Crippen molar-refractivity contribution in [2.24, 2.45) is 5.92 Å². The largest absolute Gasteiger partial charge is 0.396 e. The zero-order valence-electron chi connectivity index (χ0n) is 8.13. The van der Waals surface area contributed by atoms with E-state index in [2.05, 4.69) is 15.1 Å². The fourth-order valence-corrected chi connectivity index (χ4v) is 1.85. The third-order valence-electron chi connectivity index (χ3n) is 2.64. The van der Waals surface area contributed by atoms with Gasteiger partial charge >= 0.3 is 0 Å². The molecule has 1 aliphatic heterocycles. The summed E-state index contributed by atoms with van der Waals surface area (Å²) in [5.41, 5.74) is 1.01. The summed E-state index contributed by atoms with van der Waals surface area (Å²) in [6.07, 6.45) is 2.78. The Bertz CT molecular complexity index is 278. The Balaban J connectivity index is 1.88. The van der Waals surface area contributed by atoms with Gasteiger partial charge in [-0.05, 0) is 31.0 Å². The van der Waals surface area contributed by atoms with E-state index in [1.807, 2.05) is 12.1 Å². The maximum Gasteiger partial charge on any atom is 0.0771 e. The van der Waals surface area contributed by atoms with Crippen molar-refractivity contribution >= 4 is 0 Å². The molecule has 1 fully saturated rings. The summed E-state index contributed by atoms with van der Waals surface area (Å²) in [5, 5.41) is 16.9. The number of nitrogens with zero attached hydrogens (tertiary/aromatic N) is 3. The van der Waals surface area contributed by atoms with Crippen molar-refractivity contribution in [3.63, 3.8) is 0 Å². The molecule has 2 rings (SSSR count). The SMILES string of the molecule is OCC1CCN(Cc2cccnn2)C1. The topological polar surface area (TPSA) is 49.2 Å². The standard InChI is InChI=1S/C10H15N3O/c14-8-9-3-5-13(6-9)7-10-2-1-4-11-12-10/h1-2,4,9,14H,3,5-8H2. The first-order valence-electron chi connectivity index (χ1n) is 4.98. The van der Waals surface area contributed by atoms with E-state index in [-0.39, 0.29) is 0 Å². The van der Waals surface area contributed by atoms with Crippen molar-refractivity contribution in [1.29, 1.82) is 0 Å². The Morgan fingerprint density at radius 1 is 1.57 bits per heavy atom. The number of aliphatic hydroxyl groups excluding tert-OH is 1. The predicted octanol–water partition coefficient (Wildman–Crippen LogP) is 0.291. The Kier molecular flexibility index (Phi) is 3.06. The summed E-state index contributed by atoms with van der Waals surface area (Å²) >= 11 is 0. The van der Waals surface area contributed by atoms with E-state index in [0.717, 1.165) is 31.7 Å². The van der Waals surface area contributed by atoms with E-state index in [1.54, 1.807) is 6.20 Å². The van der Waals surface area contributed by atoms with Crippen LogP contribution in [0.3, 0.4) is 0 Å². The maximum atomic E-state index is 9.00. The molecule has 4 heteroatoms. The van der Waals surface area contributed by atoms with Gasteiger partial charge in [0.15, 0.2) is 0 Å². The molecule has 14 heavy (non-hydrogen) atoms. The first-order valence-corrected chi connectivity index (χ1v) is 4.98. The predicted molar refractivity (Wildman–Crippen MR) is 52.5 cm³/mol. The van der Waals surface area contributed by atoms with E-state index in [1.165, 1.54) is 0 Å². The van der Waals surface area contributed by atoms with Gasteiger partial charge in [-0.2, -0.15) is 10.2 Å². The Labute approximate surface area is 83.6 Å². The van der Waals surface area contributed by atoms with Crippen molar-refractivity contribution in [2.75, 3.05) is 19.7 Å². The van der Waals surface area contributed by atoms with Crippen LogP contribution in [0.4, 0.5) is 0 Å². The molecule has 0 amide bonds. The van der Waals surface area contributed by atoms with Crippen LogP contribution < -0.4 is 0 Å². The molecule has 0 spiro atoms. The average molecular weight is 193 g/mol. The smallest absolute Gasteiger partial charge is 0.0771 e. The highest BCUT2D eigenvalue weighted by molar-refractivity contribution is 4.99. The molecule has 1 N–H and O–H groups in total. The molecule has 1 unspecified atom stereocenters. The van der Waals surface area contributed by atoms with Crippen molar-refractivity contribution in [2.45, 2.75) is 13.0 Å². The summed E-state index contributed by atoms with van der Waals surface area (Å²) in [5.74, 6) is 0.451. The van der Waals surface area contributed by atoms with Crippen LogP contribution >= 0.6 is 0 Å². The van der Waals surface area contributed by atoms with Crippen molar-refractivity contribution < 1.29 is 5.11 Å². The number of rotatable bonds is 3. The second kappa shape index (κ2) is 4.48. The first-order chi connectivity index (χ1) is 6.88. The molecule has 0 aromatic carbocycles. The summed E-state index contributed by atoms with van der Waals surface area (Å²) in [7, 11) is 0.